The summed E-state index contributed by atoms with van der Waals surface area (Å²) in [6.07, 6.45) is 4.63. The van der Waals surface area contributed by atoms with Gasteiger partial charge in [0.25, 0.3) is 11.5 Å². The molecule has 0 saturated carbocycles. The molecular weight excluding hydrogens is 413 g/mol. The Bertz CT molecular complexity index is 1360. The number of nitrogens with zero attached hydrogens (tertiary/aromatic N) is 4. The zero-order valence-electron chi connectivity index (χ0n) is 17.8. The van der Waals surface area contributed by atoms with Crippen molar-refractivity contribution in [3.8, 4) is 0 Å². The number of nitrogens with one attached hydrogen (secondary N) is 3. The summed E-state index contributed by atoms with van der Waals surface area (Å²) in [5.74, 6) is 0.265. The van der Waals surface area contributed by atoms with Crippen molar-refractivity contribution >= 4 is 40.0 Å². The summed E-state index contributed by atoms with van der Waals surface area (Å²) in [6.45, 7) is 2.43. The van der Waals surface area contributed by atoms with E-state index in [9.17, 15) is 14.0 Å². The van der Waals surface area contributed by atoms with Gasteiger partial charge in [-0.3, -0.25) is 9.59 Å². The second-order valence-corrected chi connectivity index (χ2v) is 7.10. The molecule has 0 atom stereocenters. The monoisotopic (exact) mass is 435 g/mol. The highest BCUT2D eigenvalue weighted by Crippen LogP contribution is 2.28. The van der Waals surface area contributed by atoms with Crippen molar-refractivity contribution in [2.75, 3.05) is 17.7 Å². The average Bonchev–Trinajstić information content (AvgIpc) is 3.11. The van der Waals surface area contributed by atoms with E-state index in [-0.39, 0.29) is 17.3 Å². The number of rotatable bonds is 6. The van der Waals surface area contributed by atoms with E-state index in [0.717, 1.165) is 11.7 Å². The molecule has 0 fully saturated rings. The van der Waals surface area contributed by atoms with Crippen LogP contribution < -0.4 is 21.5 Å². The maximum Gasteiger partial charge on any atom is 0.262 e. The fourth-order valence-electron chi connectivity index (χ4n) is 3.43. The second-order valence-electron chi connectivity index (χ2n) is 7.10. The lowest BCUT2D eigenvalue weighted by Gasteiger charge is -2.12. The molecule has 1 amide bonds. The molecule has 4 aromatic rings. The van der Waals surface area contributed by atoms with E-state index in [4.69, 9.17) is 0 Å². The number of carbonyl (C=O) groups excluding carboxylic acids is 1. The number of aryl methyl sites for hydroxylation is 2. The minimum Gasteiger partial charge on any atom is -0.355 e. The molecule has 0 saturated heterocycles. The van der Waals surface area contributed by atoms with Crippen molar-refractivity contribution < 1.29 is 9.18 Å². The van der Waals surface area contributed by atoms with Gasteiger partial charge in [0.1, 0.15) is 23.3 Å². The summed E-state index contributed by atoms with van der Waals surface area (Å²) >= 11 is 0. The van der Waals surface area contributed by atoms with Crippen LogP contribution in [-0.4, -0.2) is 32.1 Å². The quantitative estimate of drug-likeness (QED) is 0.430. The Labute approximate surface area is 182 Å². The van der Waals surface area contributed by atoms with Gasteiger partial charge in [0.15, 0.2) is 0 Å². The maximum atomic E-state index is 13.1. The number of aromatic nitrogens is 4. The van der Waals surface area contributed by atoms with E-state index in [1.165, 1.54) is 19.2 Å². The summed E-state index contributed by atoms with van der Waals surface area (Å²) in [5, 5.41) is 9.22. The molecule has 0 unspecified atom stereocenters. The van der Waals surface area contributed by atoms with Crippen molar-refractivity contribution in [2.45, 2.75) is 13.5 Å². The molecule has 0 aliphatic heterocycles. The van der Waals surface area contributed by atoms with Gasteiger partial charge in [-0.15, -0.1) is 0 Å². The first-order chi connectivity index (χ1) is 15.4. The molecule has 0 spiro atoms. The van der Waals surface area contributed by atoms with Crippen molar-refractivity contribution in [1.82, 2.24) is 24.4 Å². The molecule has 4 heterocycles. The van der Waals surface area contributed by atoms with E-state index in [0.29, 0.717) is 34.8 Å². The van der Waals surface area contributed by atoms with Gasteiger partial charge >= 0.3 is 0 Å². The number of hydrogen-bond donors (Lipinski definition) is 3. The molecular formula is C22H22FN7O2. The van der Waals surface area contributed by atoms with Crippen LogP contribution in [-0.2, 0) is 13.6 Å². The van der Waals surface area contributed by atoms with Crippen LogP contribution in [0.15, 0.2) is 53.7 Å². The zero-order valence-corrected chi connectivity index (χ0v) is 17.8. The first-order valence-corrected chi connectivity index (χ1v) is 9.98. The van der Waals surface area contributed by atoms with E-state index in [1.54, 1.807) is 29.1 Å². The van der Waals surface area contributed by atoms with Crippen molar-refractivity contribution in [1.29, 1.82) is 0 Å². The first-order valence-electron chi connectivity index (χ1n) is 9.98. The number of carbonyl (C=O) groups is 1. The summed E-state index contributed by atoms with van der Waals surface area (Å²) in [5.41, 5.74) is 1.45. The highest BCUT2D eigenvalue weighted by atomic mass is 19.1. The van der Waals surface area contributed by atoms with Crippen molar-refractivity contribution in [3.05, 3.63) is 70.7 Å². The minimum atomic E-state index is -0.450. The third kappa shape index (κ3) is 3.89. The van der Waals surface area contributed by atoms with Crippen LogP contribution in [0.3, 0.4) is 0 Å². The Balaban J connectivity index is 1.79. The van der Waals surface area contributed by atoms with Crippen molar-refractivity contribution in [2.24, 2.45) is 7.05 Å². The summed E-state index contributed by atoms with van der Waals surface area (Å²) in [4.78, 5) is 33.9. The molecule has 10 heteroatoms. The van der Waals surface area contributed by atoms with Gasteiger partial charge < -0.3 is 25.1 Å². The fourth-order valence-corrected chi connectivity index (χ4v) is 3.43. The lowest BCUT2D eigenvalue weighted by molar-refractivity contribution is 0.0963. The first kappa shape index (κ1) is 21.0. The molecule has 4 aromatic heterocycles. The lowest BCUT2D eigenvalue weighted by Crippen LogP contribution is -2.21. The Morgan fingerprint density at radius 1 is 1.12 bits per heavy atom. The van der Waals surface area contributed by atoms with Gasteiger partial charge in [-0.25, -0.2) is 14.4 Å². The number of anilines is 4. The topological polar surface area (TPSA) is 106 Å². The number of amides is 1. The van der Waals surface area contributed by atoms with Crippen LogP contribution in [0.1, 0.15) is 17.3 Å². The Kier molecular flexibility index (Phi) is 5.59. The molecule has 9 nitrogen and oxygen atoms in total. The SMILES string of the molecule is CCn1ccc2c(c(Nc3nc(Nc4ccc(F)cn4)ccc3C(=O)NC)cn2C)c1=O. The van der Waals surface area contributed by atoms with Gasteiger partial charge in [0.2, 0.25) is 0 Å². The van der Waals surface area contributed by atoms with Crippen LogP contribution in [0.4, 0.5) is 27.5 Å². The molecule has 0 aliphatic rings. The zero-order chi connectivity index (χ0) is 22.8. The van der Waals surface area contributed by atoms with Crippen molar-refractivity contribution in [3.63, 3.8) is 0 Å². The van der Waals surface area contributed by atoms with Crippen LogP contribution in [0, 0.1) is 5.82 Å². The van der Waals surface area contributed by atoms with Crippen LogP contribution in [0.5, 0.6) is 0 Å². The van der Waals surface area contributed by atoms with Gasteiger partial charge in [-0.2, -0.15) is 0 Å². The normalized spacial score (nSPS) is 10.9. The molecule has 0 radical (unpaired) electrons. The van der Waals surface area contributed by atoms with E-state index >= 15 is 0 Å². The Morgan fingerprint density at radius 3 is 2.59 bits per heavy atom. The largest absolute Gasteiger partial charge is 0.355 e. The third-order valence-electron chi connectivity index (χ3n) is 5.06. The van der Waals surface area contributed by atoms with Crippen LogP contribution >= 0.6 is 0 Å². The Hall–Kier alpha value is -4.21. The second kappa shape index (κ2) is 8.50. The molecule has 164 valence electrons. The van der Waals surface area contributed by atoms with E-state index < -0.39 is 5.82 Å². The molecule has 0 aliphatic carbocycles. The third-order valence-corrected chi connectivity index (χ3v) is 5.06. The summed E-state index contributed by atoms with van der Waals surface area (Å²) in [7, 11) is 3.37. The summed E-state index contributed by atoms with van der Waals surface area (Å²) in [6, 6.07) is 7.86. The van der Waals surface area contributed by atoms with Crippen LogP contribution in [0.2, 0.25) is 0 Å². The molecule has 0 aromatic carbocycles. The molecule has 4 rings (SSSR count). The standard InChI is InChI=1S/C22H22FN7O2/c1-4-30-10-9-16-19(22(30)32)15(12-29(16)3)26-20-14(21(31)24-2)6-8-18(28-20)27-17-7-5-13(23)11-25-17/h5-12H,4H2,1-3H3,(H,24,31)(H2,25,26,27,28). The maximum absolute atomic E-state index is 13.1. The van der Waals surface area contributed by atoms with E-state index in [2.05, 4.69) is 25.9 Å². The number of fused-ring (bicyclic) bond motifs is 1. The van der Waals surface area contributed by atoms with Gasteiger partial charge in [0.05, 0.1) is 28.4 Å². The molecule has 32 heavy (non-hydrogen) atoms. The number of pyridine rings is 3. The average molecular weight is 435 g/mol. The lowest BCUT2D eigenvalue weighted by atomic mass is 10.2. The minimum absolute atomic E-state index is 0.139. The Morgan fingerprint density at radius 2 is 1.91 bits per heavy atom. The van der Waals surface area contributed by atoms with E-state index in [1.807, 2.05) is 24.6 Å². The highest BCUT2D eigenvalue weighted by Gasteiger charge is 2.17. The molecule has 0 bridgehead atoms. The smallest absolute Gasteiger partial charge is 0.262 e. The highest BCUT2D eigenvalue weighted by molar-refractivity contribution is 6.01. The van der Waals surface area contributed by atoms with Gasteiger partial charge in [-0.05, 0) is 37.3 Å². The number of halogens is 1. The predicted octanol–water partition coefficient (Wildman–Crippen LogP) is 3.14. The van der Waals surface area contributed by atoms with Gasteiger partial charge in [-0.1, -0.05) is 0 Å². The molecule has 3 N–H and O–H groups in total. The van der Waals surface area contributed by atoms with Gasteiger partial charge in [0, 0.05) is 33.0 Å². The fraction of sp³-hybridized carbons (Fsp3) is 0.182. The predicted molar refractivity (Wildman–Crippen MR) is 121 cm³/mol. The van der Waals surface area contributed by atoms with Crippen LogP contribution in [0.25, 0.3) is 10.9 Å². The number of hydrogen-bond acceptors (Lipinski definition) is 6. The summed E-state index contributed by atoms with van der Waals surface area (Å²) < 4.78 is 16.6.